The molecule has 0 amide bonds. The second-order valence-electron chi connectivity index (χ2n) is 2.57. The Hall–Kier alpha value is -1.35. The maximum atomic E-state index is 5.68. The van der Waals surface area contributed by atoms with Crippen molar-refractivity contribution in [3.8, 4) is 0 Å². The van der Waals surface area contributed by atoms with Gasteiger partial charge in [-0.05, 0) is 25.1 Å². The maximum Gasteiger partial charge on any atom is 0.0859 e. The summed E-state index contributed by atoms with van der Waals surface area (Å²) in [5.41, 5.74) is 13.4. The van der Waals surface area contributed by atoms with Crippen LogP contribution in [0.4, 0.5) is 5.69 Å². The normalized spacial score (nSPS) is 10.8. The van der Waals surface area contributed by atoms with Crippen molar-refractivity contribution < 1.29 is 0 Å². The third kappa shape index (κ3) is 2.07. The number of hydrogen-bond acceptors (Lipinski definition) is 3. The molecule has 0 aromatic carbocycles. The average Bonchev–Trinajstić information content (AvgIpc) is 2.07. The predicted octanol–water partition coefficient (Wildman–Crippen LogP) is 0.944. The second kappa shape index (κ2) is 3.88. The third-order valence-electron chi connectivity index (χ3n) is 1.51. The molecule has 3 heteroatoms. The van der Waals surface area contributed by atoms with E-state index in [1.54, 1.807) is 0 Å². The molecule has 1 heterocycles. The molecule has 0 aliphatic heterocycles. The number of hydrogen-bond donors (Lipinski definition) is 2. The molecular formula is C9H13N3. The fraction of sp³-hybridized carbons (Fsp3) is 0.222. The number of aryl methyl sites for hydroxylation is 1. The zero-order valence-electron chi connectivity index (χ0n) is 7.12. The fourth-order valence-electron chi connectivity index (χ4n) is 0.901. The van der Waals surface area contributed by atoms with E-state index in [-0.39, 0.29) is 0 Å². The molecule has 1 aromatic heterocycles. The van der Waals surface area contributed by atoms with Gasteiger partial charge < -0.3 is 11.5 Å². The van der Waals surface area contributed by atoms with Gasteiger partial charge in [-0.3, -0.25) is 4.98 Å². The molecule has 0 unspecified atom stereocenters. The minimum absolute atomic E-state index is 0.509. The van der Waals surface area contributed by atoms with Gasteiger partial charge >= 0.3 is 0 Å². The second-order valence-corrected chi connectivity index (χ2v) is 2.57. The summed E-state index contributed by atoms with van der Waals surface area (Å²) in [5, 5.41) is 0. The number of anilines is 1. The van der Waals surface area contributed by atoms with Crippen LogP contribution in [0, 0.1) is 6.92 Å². The van der Waals surface area contributed by atoms with Gasteiger partial charge in [0.15, 0.2) is 0 Å². The number of rotatable bonds is 2. The van der Waals surface area contributed by atoms with Crippen LogP contribution >= 0.6 is 0 Å². The summed E-state index contributed by atoms with van der Waals surface area (Å²) in [6.45, 7) is 2.44. The van der Waals surface area contributed by atoms with Crippen molar-refractivity contribution >= 4 is 11.8 Å². The van der Waals surface area contributed by atoms with Gasteiger partial charge in [0.1, 0.15) is 0 Å². The van der Waals surface area contributed by atoms with Gasteiger partial charge in [0.05, 0.1) is 11.4 Å². The molecule has 0 aliphatic carbocycles. The lowest BCUT2D eigenvalue weighted by Gasteiger charge is -1.99. The van der Waals surface area contributed by atoms with Crippen LogP contribution in [0.1, 0.15) is 11.4 Å². The van der Waals surface area contributed by atoms with Crippen LogP contribution in [0.25, 0.3) is 6.08 Å². The molecule has 0 spiro atoms. The van der Waals surface area contributed by atoms with Crippen LogP contribution in [0.2, 0.25) is 0 Å². The number of pyridine rings is 1. The molecule has 0 atom stereocenters. The summed E-state index contributed by atoms with van der Waals surface area (Å²) in [7, 11) is 0. The minimum atomic E-state index is 0.509. The van der Waals surface area contributed by atoms with Gasteiger partial charge in [0.2, 0.25) is 0 Å². The molecule has 3 nitrogen and oxygen atoms in total. The van der Waals surface area contributed by atoms with Crippen LogP contribution in [0.5, 0.6) is 0 Å². The predicted molar refractivity (Wildman–Crippen MR) is 51.5 cm³/mol. The highest BCUT2D eigenvalue weighted by molar-refractivity contribution is 5.60. The number of aromatic nitrogens is 1. The van der Waals surface area contributed by atoms with E-state index >= 15 is 0 Å². The van der Waals surface area contributed by atoms with Crippen molar-refractivity contribution in [2.45, 2.75) is 6.92 Å². The highest BCUT2D eigenvalue weighted by Gasteiger charge is 1.95. The average molecular weight is 163 g/mol. The highest BCUT2D eigenvalue weighted by Crippen LogP contribution is 2.10. The first kappa shape index (κ1) is 8.74. The summed E-state index contributed by atoms with van der Waals surface area (Å²) >= 11 is 0. The minimum Gasteiger partial charge on any atom is -0.397 e. The van der Waals surface area contributed by atoms with Gasteiger partial charge in [-0.1, -0.05) is 6.08 Å². The lowest BCUT2D eigenvalue weighted by atomic mass is 10.2. The topological polar surface area (TPSA) is 64.9 Å². The molecule has 64 valence electrons. The van der Waals surface area contributed by atoms with Crippen molar-refractivity contribution in [1.82, 2.24) is 4.98 Å². The molecular weight excluding hydrogens is 150 g/mol. The van der Waals surface area contributed by atoms with E-state index in [2.05, 4.69) is 4.98 Å². The smallest absolute Gasteiger partial charge is 0.0859 e. The monoisotopic (exact) mass is 163 g/mol. The first-order valence-corrected chi connectivity index (χ1v) is 3.84. The summed E-state index contributed by atoms with van der Waals surface area (Å²) < 4.78 is 0. The van der Waals surface area contributed by atoms with Gasteiger partial charge in [0.25, 0.3) is 0 Å². The van der Waals surface area contributed by atoms with E-state index in [1.807, 2.05) is 31.2 Å². The van der Waals surface area contributed by atoms with Crippen molar-refractivity contribution in [2.75, 3.05) is 12.3 Å². The fourth-order valence-corrected chi connectivity index (χ4v) is 0.901. The summed E-state index contributed by atoms with van der Waals surface area (Å²) in [6.07, 6.45) is 3.67. The van der Waals surface area contributed by atoms with Crippen LogP contribution in [0.3, 0.4) is 0 Å². The highest BCUT2D eigenvalue weighted by atomic mass is 14.7. The molecule has 0 saturated carbocycles. The summed E-state index contributed by atoms with van der Waals surface area (Å²) in [4.78, 5) is 4.24. The molecule has 0 saturated heterocycles. The van der Waals surface area contributed by atoms with E-state index in [0.717, 1.165) is 11.4 Å². The summed E-state index contributed by atoms with van der Waals surface area (Å²) in [6, 6.07) is 3.73. The van der Waals surface area contributed by atoms with Crippen LogP contribution in [0.15, 0.2) is 18.2 Å². The number of nitrogens with two attached hydrogens (primary N) is 2. The molecule has 0 bridgehead atoms. The van der Waals surface area contributed by atoms with Crippen LogP contribution < -0.4 is 11.5 Å². The maximum absolute atomic E-state index is 5.68. The Labute approximate surface area is 72.1 Å². The van der Waals surface area contributed by atoms with Gasteiger partial charge in [-0.25, -0.2) is 0 Å². The zero-order chi connectivity index (χ0) is 8.97. The van der Waals surface area contributed by atoms with Gasteiger partial charge in [-0.15, -0.1) is 0 Å². The Bertz CT molecular complexity index is 292. The third-order valence-corrected chi connectivity index (χ3v) is 1.51. The van der Waals surface area contributed by atoms with E-state index in [4.69, 9.17) is 11.5 Å². The Morgan fingerprint density at radius 1 is 1.50 bits per heavy atom. The van der Waals surface area contributed by atoms with Crippen molar-refractivity contribution in [3.63, 3.8) is 0 Å². The Morgan fingerprint density at radius 2 is 2.25 bits per heavy atom. The molecule has 0 radical (unpaired) electrons. The zero-order valence-corrected chi connectivity index (χ0v) is 7.12. The SMILES string of the molecule is Cc1ccc(N)c(C=CCN)n1. The van der Waals surface area contributed by atoms with E-state index in [0.29, 0.717) is 12.2 Å². The molecule has 0 aliphatic rings. The van der Waals surface area contributed by atoms with E-state index in [1.165, 1.54) is 0 Å². The Balaban J connectivity index is 2.97. The molecule has 12 heavy (non-hydrogen) atoms. The standard InChI is InChI=1S/C9H13N3/c1-7-4-5-8(11)9(12-7)3-2-6-10/h2-5H,6,10-11H2,1H3. The van der Waals surface area contributed by atoms with E-state index < -0.39 is 0 Å². The van der Waals surface area contributed by atoms with Crippen molar-refractivity contribution in [2.24, 2.45) is 5.73 Å². The van der Waals surface area contributed by atoms with Crippen molar-refractivity contribution in [1.29, 1.82) is 0 Å². The van der Waals surface area contributed by atoms with Gasteiger partial charge in [0, 0.05) is 12.2 Å². The molecule has 4 N–H and O–H groups in total. The van der Waals surface area contributed by atoms with E-state index in [9.17, 15) is 0 Å². The molecule has 1 rings (SSSR count). The molecule has 0 fully saturated rings. The quantitative estimate of drug-likeness (QED) is 0.682. The van der Waals surface area contributed by atoms with Crippen molar-refractivity contribution in [3.05, 3.63) is 29.6 Å². The molecule has 1 aromatic rings. The number of nitrogen functional groups attached to an aromatic ring is 1. The first-order chi connectivity index (χ1) is 5.74. The number of nitrogens with zero attached hydrogens (tertiary/aromatic N) is 1. The summed E-state index contributed by atoms with van der Waals surface area (Å²) in [5.74, 6) is 0. The largest absolute Gasteiger partial charge is 0.397 e. The van der Waals surface area contributed by atoms with Crippen LogP contribution in [-0.2, 0) is 0 Å². The Morgan fingerprint density at radius 3 is 2.92 bits per heavy atom. The van der Waals surface area contributed by atoms with Crippen LogP contribution in [-0.4, -0.2) is 11.5 Å². The van der Waals surface area contributed by atoms with Gasteiger partial charge in [-0.2, -0.15) is 0 Å². The Kier molecular flexibility index (Phi) is 2.82. The lowest BCUT2D eigenvalue weighted by Crippen LogP contribution is -1.96. The lowest BCUT2D eigenvalue weighted by molar-refractivity contribution is 1.18. The first-order valence-electron chi connectivity index (χ1n) is 3.84.